The molecule has 0 radical (unpaired) electrons. The standard InChI is InChI=1S/C15H25F3N2O2/c1-11(2)9-13(3-4-13)10-19-12(21)20-7-5-14(22,6-8-20)15(16,17)18/h11,22H,3-10H2,1-2H3,(H,19,21). The largest absolute Gasteiger partial charge is 0.417 e. The topological polar surface area (TPSA) is 52.6 Å². The van der Waals surface area contributed by atoms with Crippen LogP contribution in [-0.2, 0) is 0 Å². The fourth-order valence-electron chi connectivity index (χ4n) is 3.23. The van der Waals surface area contributed by atoms with Gasteiger partial charge in [0, 0.05) is 32.5 Å². The van der Waals surface area contributed by atoms with Crippen LogP contribution in [0.2, 0.25) is 0 Å². The second-order valence-electron chi connectivity index (χ2n) is 7.27. The number of nitrogens with one attached hydrogen (secondary N) is 1. The second kappa shape index (κ2) is 5.91. The summed E-state index contributed by atoms with van der Waals surface area (Å²) in [6, 6.07) is -0.320. The van der Waals surface area contributed by atoms with E-state index in [9.17, 15) is 23.1 Å². The Morgan fingerprint density at radius 3 is 2.18 bits per heavy atom. The van der Waals surface area contributed by atoms with Gasteiger partial charge in [-0.05, 0) is 30.6 Å². The number of likely N-dealkylation sites (tertiary alicyclic amines) is 1. The highest BCUT2D eigenvalue weighted by molar-refractivity contribution is 5.74. The van der Waals surface area contributed by atoms with Gasteiger partial charge in [-0.2, -0.15) is 13.2 Å². The summed E-state index contributed by atoms with van der Waals surface area (Å²) in [5.74, 6) is 0.566. The Bertz CT molecular complexity index is 412. The lowest BCUT2D eigenvalue weighted by atomic mass is 9.91. The van der Waals surface area contributed by atoms with Gasteiger partial charge < -0.3 is 15.3 Å². The maximum absolute atomic E-state index is 12.7. The van der Waals surface area contributed by atoms with Gasteiger partial charge in [-0.15, -0.1) is 0 Å². The fourth-order valence-corrected chi connectivity index (χ4v) is 3.23. The van der Waals surface area contributed by atoms with E-state index in [1.807, 2.05) is 0 Å². The molecule has 2 rings (SSSR count). The molecule has 7 heteroatoms. The summed E-state index contributed by atoms with van der Waals surface area (Å²) in [6.45, 7) is 4.73. The number of amides is 2. The number of piperidine rings is 1. The first-order chi connectivity index (χ1) is 10.1. The molecule has 1 aliphatic carbocycles. The lowest BCUT2D eigenvalue weighted by molar-refractivity contribution is -0.271. The van der Waals surface area contributed by atoms with Crippen LogP contribution in [-0.4, -0.2) is 47.4 Å². The van der Waals surface area contributed by atoms with E-state index < -0.39 is 24.6 Å². The lowest BCUT2D eigenvalue weighted by Crippen LogP contribution is -2.56. The minimum absolute atomic E-state index is 0.0704. The first-order valence-corrected chi connectivity index (χ1v) is 7.89. The maximum Gasteiger partial charge on any atom is 0.417 e. The Balaban J connectivity index is 1.79. The quantitative estimate of drug-likeness (QED) is 0.836. The first kappa shape index (κ1) is 17.4. The molecule has 1 heterocycles. The Morgan fingerprint density at radius 2 is 1.77 bits per heavy atom. The molecule has 2 fully saturated rings. The summed E-state index contributed by atoms with van der Waals surface area (Å²) in [6.07, 6.45) is -2.30. The van der Waals surface area contributed by atoms with Gasteiger partial charge >= 0.3 is 12.2 Å². The first-order valence-electron chi connectivity index (χ1n) is 7.89. The van der Waals surface area contributed by atoms with Crippen molar-refractivity contribution >= 4 is 6.03 Å². The summed E-state index contributed by atoms with van der Waals surface area (Å²) in [7, 11) is 0. The van der Waals surface area contributed by atoms with Gasteiger partial charge in [0.05, 0.1) is 0 Å². The summed E-state index contributed by atoms with van der Waals surface area (Å²) >= 11 is 0. The molecule has 0 bridgehead atoms. The molecule has 128 valence electrons. The zero-order valence-electron chi connectivity index (χ0n) is 13.2. The number of nitrogens with zero attached hydrogens (tertiary/aromatic N) is 1. The van der Waals surface area contributed by atoms with E-state index in [1.165, 1.54) is 4.90 Å². The van der Waals surface area contributed by atoms with Crippen molar-refractivity contribution in [2.75, 3.05) is 19.6 Å². The van der Waals surface area contributed by atoms with E-state index in [0.717, 1.165) is 19.3 Å². The van der Waals surface area contributed by atoms with Crippen molar-refractivity contribution in [2.24, 2.45) is 11.3 Å². The van der Waals surface area contributed by atoms with Crippen LogP contribution in [0.4, 0.5) is 18.0 Å². The monoisotopic (exact) mass is 322 g/mol. The van der Waals surface area contributed by atoms with Gasteiger partial charge in [0.15, 0.2) is 5.60 Å². The van der Waals surface area contributed by atoms with Gasteiger partial charge in [0.1, 0.15) is 0 Å². The maximum atomic E-state index is 12.7. The lowest BCUT2D eigenvalue weighted by Gasteiger charge is -2.39. The molecule has 0 aromatic carbocycles. The van der Waals surface area contributed by atoms with E-state index in [4.69, 9.17) is 0 Å². The third-order valence-electron chi connectivity index (χ3n) is 4.82. The Labute approximate surface area is 129 Å². The molecule has 0 aromatic rings. The van der Waals surface area contributed by atoms with Gasteiger partial charge in [-0.3, -0.25) is 0 Å². The highest BCUT2D eigenvalue weighted by Gasteiger charge is 2.55. The van der Waals surface area contributed by atoms with Crippen molar-refractivity contribution in [3.8, 4) is 0 Å². The summed E-state index contributed by atoms with van der Waals surface area (Å²) in [4.78, 5) is 13.4. The van der Waals surface area contributed by atoms with Crippen molar-refractivity contribution in [3.63, 3.8) is 0 Å². The van der Waals surface area contributed by atoms with Crippen LogP contribution in [0.3, 0.4) is 0 Å². The SMILES string of the molecule is CC(C)CC1(CNC(=O)N2CCC(O)(C(F)(F)F)CC2)CC1. The minimum Gasteiger partial charge on any atom is -0.380 e. The highest BCUT2D eigenvalue weighted by Crippen LogP contribution is 2.50. The van der Waals surface area contributed by atoms with Crippen molar-refractivity contribution < 1.29 is 23.1 Å². The van der Waals surface area contributed by atoms with Gasteiger partial charge in [0.25, 0.3) is 0 Å². The average molecular weight is 322 g/mol. The minimum atomic E-state index is -4.63. The van der Waals surface area contributed by atoms with E-state index in [2.05, 4.69) is 19.2 Å². The van der Waals surface area contributed by atoms with Gasteiger partial charge in [0.2, 0.25) is 0 Å². The summed E-state index contributed by atoms with van der Waals surface area (Å²) < 4.78 is 38.2. The number of hydrogen-bond donors (Lipinski definition) is 2. The van der Waals surface area contributed by atoms with E-state index in [-0.39, 0.29) is 24.5 Å². The molecule has 1 saturated heterocycles. The van der Waals surface area contributed by atoms with Crippen molar-refractivity contribution in [1.29, 1.82) is 0 Å². The zero-order valence-corrected chi connectivity index (χ0v) is 13.2. The number of carbonyl (C=O) groups excluding carboxylic acids is 1. The van der Waals surface area contributed by atoms with E-state index in [1.54, 1.807) is 0 Å². The van der Waals surface area contributed by atoms with Gasteiger partial charge in [-0.25, -0.2) is 4.79 Å². The Kier molecular flexibility index (Phi) is 4.66. The number of alkyl halides is 3. The molecule has 22 heavy (non-hydrogen) atoms. The molecule has 2 N–H and O–H groups in total. The van der Waals surface area contributed by atoms with Crippen LogP contribution in [0, 0.1) is 11.3 Å². The third kappa shape index (κ3) is 3.86. The number of aliphatic hydroxyl groups is 1. The van der Waals surface area contributed by atoms with Crippen LogP contribution < -0.4 is 5.32 Å². The predicted octanol–water partition coefficient (Wildman–Crippen LogP) is 2.91. The molecule has 1 aliphatic heterocycles. The molecule has 2 aliphatic rings. The number of hydrogen-bond acceptors (Lipinski definition) is 2. The van der Waals surface area contributed by atoms with Crippen LogP contribution >= 0.6 is 0 Å². The summed E-state index contributed by atoms with van der Waals surface area (Å²) in [5, 5.41) is 12.4. The predicted molar refractivity (Wildman–Crippen MR) is 76.3 cm³/mol. The van der Waals surface area contributed by atoms with Crippen LogP contribution in [0.25, 0.3) is 0 Å². The smallest absolute Gasteiger partial charge is 0.380 e. The van der Waals surface area contributed by atoms with Crippen LogP contribution in [0.1, 0.15) is 46.0 Å². The van der Waals surface area contributed by atoms with Crippen molar-refractivity contribution in [3.05, 3.63) is 0 Å². The average Bonchev–Trinajstić information content (AvgIpc) is 3.15. The Hall–Kier alpha value is -0.980. The number of carbonyl (C=O) groups is 1. The molecule has 0 spiro atoms. The molecule has 0 atom stereocenters. The van der Waals surface area contributed by atoms with Crippen LogP contribution in [0.5, 0.6) is 0 Å². The molecular weight excluding hydrogens is 297 g/mol. The molecule has 2 amide bonds. The molecule has 4 nitrogen and oxygen atoms in total. The zero-order chi connectivity index (χ0) is 16.6. The summed E-state index contributed by atoms with van der Waals surface area (Å²) in [5.41, 5.74) is -2.47. The number of urea groups is 1. The normalized spacial score (nSPS) is 23.5. The molecular formula is C15H25F3N2O2. The van der Waals surface area contributed by atoms with Crippen LogP contribution in [0.15, 0.2) is 0 Å². The van der Waals surface area contributed by atoms with Crippen molar-refractivity contribution in [2.45, 2.75) is 57.7 Å². The molecule has 0 aromatic heterocycles. The Morgan fingerprint density at radius 1 is 1.23 bits per heavy atom. The second-order valence-corrected chi connectivity index (χ2v) is 7.27. The molecule has 0 unspecified atom stereocenters. The van der Waals surface area contributed by atoms with Gasteiger partial charge in [-0.1, -0.05) is 13.8 Å². The number of rotatable bonds is 4. The highest BCUT2D eigenvalue weighted by atomic mass is 19.4. The fraction of sp³-hybridized carbons (Fsp3) is 0.933. The molecule has 1 saturated carbocycles. The number of halogens is 3. The third-order valence-corrected chi connectivity index (χ3v) is 4.82. The van der Waals surface area contributed by atoms with E-state index in [0.29, 0.717) is 12.5 Å². The van der Waals surface area contributed by atoms with Crippen molar-refractivity contribution in [1.82, 2.24) is 10.2 Å². The van der Waals surface area contributed by atoms with E-state index >= 15 is 0 Å².